The normalized spacial score (nSPS) is 18.1. The van der Waals surface area contributed by atoms with Crippen LogP contribution in [-0.2, 0) is 11.2 Å². The van der Waals surface area contributed by atoms with Gasteiger partial charge in [0.05, 0.1) is 11.4 Å². The first-order valence-electron chi connectivity index (χ1n) is 9.90. The standard InChI is InChI=1S/C21H31N5O/c1-15(2)26-19(8-9-24-26)18-12-17(22-14-23-18)11-16-7-6-10-25(13-16)20(27)21(3,4)5/h8-9,12,14-16H,6-7,10-11,13H2,1-5H3/t16-/m0/s1. The largest absolute Gasteiger partial charge is 0.342 e. The van der Waals surface area contributed by atoms with Crippen molar-refractivity contribution in [1.82, 2.24) is 24.6 Å². The molecule has 0 radical (unpaired) electrons. The monoisotopic (exact) mass is 369 g/mol. The summed E-state index contributed by atoms with van der Waals surface area (Å²) in [6.07, 6.45) is 6.53. The number of aromatic nitrogens is 4. The van der Waals surface area contributed by atoms with Crippen LogP contribution >= 0.6 is 0 Å². The average Bonchev–Trinajstić information content (AvgIpc) is 3.11. The summed E-state index contributed by atoms with van der Waals surface area (Å²) in [6.45, 7) is 11.9. The van der Waals surface area contributed by atoms with Crippen LogP contribution in [0.4, 0.5) is 0 Å². The Morgan fingerprint density at radius 2 is 2.07 bits per heavy atom. The van der Waals surface area contributed by atoms with Crippen LogP contribution in [0, 0.1) is 11.3 Å². The van der Waals surface area contributed by atoms with Crippen LogP contribution in [0.15, 0.2) is 24.7 Å². The van der Waals surface area contributed by atoms with Crippen molar-refractivity contribution in [2.75, 3.05) is 13.1 Å². The zero-order valence-corrected chi connectivity index (χ0v) is 17.1. The zero-order chi connectivity index (χ0) is 19.6. The lowest BCUT2D eigenvalue weighted by molar-refractivity contribution is -0.141. The predicted octanol–water partition coefficient (Wildman–Crippen LogP) is 3.75. The highest BCUT2D eigenvalue weighted by atomic mass is 16.2. The lowest BCUT2D eigenvalue weighted by atomic mass is 9.89. The Morgan fingerprint density at radius 1 is 1.30 bits per heavy atom. The van der Waals surface area contributed by atoms with E-state index in [-0.39, 0.29) is 17.4 Å². The van der Waals surface area contributed by atoms with Crippen LogP contribution in [0.2, 0.25) is 0 Å². The minimum atomic E-state index is -0.320. The van der Waals surface area contributed by atoms with Gasteiger partial charge in [-0.1, -0.05) is 20.8 Å². The van der Waals surface area contributed by atoms with Gasteiger partial charge in [-0.2, -0.15) is 5.10 Å². The summed E-state index contributed by atoms with van der Waals surface area (Å²) in [4.78, 5) is 23.6. The minimum absolute atomic E-state index is 0.247. The molecule has 1 amide bonds. The van der Waals surface area contributed by atoms with Gasteiger partial charge in [-0.05, 0) is 51.2 Å². The second-order valence-electron chi connectivity index (χ2n) is 8.86. The van der Waals surface area contributed by atoms with Crippen molar-refractivity contribution in [2.24, 2.45) is 11.3 Å². The highest BCUT2D eigenvalue weighted by Crippen LogP contribution is 2.26. The summed E-state index contributed by atoms with van der Waals surface area (Å²) >= 11 is 0. The molecule has 0 aromatic carbocycles. The summed E-state index contributed by atoms with van der Waals surface area (Å²) in [5.41, 5.74) is 2.64. The molecule has 6 heteroatoms. The van der Waals surface area contributed by atoms with Crippen LogP contribution in [0.25, 0.3) is 11.4 Å². The van der Waals surface area contributed by atoms with E-state index >= 15 is 0 Å². The molecular formula is C21H31N5O. The quantitative estimate of drug-likeness (QED) is 0.823. The molecule has 0 bridgehead atoms. The minimum Gasteiger partial charge on any atom is -0.342 e. The number of carbonyl (C=O) groups excluding carboxylic acids is 1. The van der Waals surface area contributed by atoms with Gasteiger partial charge < -0.3 is 4.90 Å². The fourth-order valence-corrected chi connectivity index (χ4v) is 3.76. The molecule has 27 heavy (non-hydrogen) atoms. The molecule has 0 aliphatic carbocycles. The molecule has 2 aromatic heterocycles. The molecule has 1 atom stereocenters. The molecule has 0 saturated carbocycles. The first kappa shape index (κ1) is 19.5. The highest BCUT2D eigenvalue weighted by molar-refractivity contribution is 5.81. The van der Waals surface area contributed by atoms with Crippen molar-refractivity contribution in [1.29, 1.82) is 0 Å². The molecule has 6 nitrogen and oxygen atoms in total. The molecule has 3 heterocycles. The molecule has 0 spiro atoms. The van der Waals surface area contributed by atoms with E-state index in [1.165, 1.54) is 0 Å². The summed E-state index contributed by atoms with van der Waals surface area (Å²) in [5.74, 6) is 0.694. The summed E-state index contributed by atoms with van der Waals surface area (Å²) in [6, 6.07) is 4.35. The molecule has 1 saturated heterocycles. The van der Waals surface area contributed by atoms with Crippen molar-refractivity contribution in [2.45, 2.75) is 59.9 Å². The first-order valence-corrected chi connectivity index (χ1v) is 9.90. The van der Waals surface area contributed by atoms with Crippen molar-refractivity contribution >= 4 is 5.91 Å². The number of nitrogens with zero attached hydrogens (tertiary/aromatic N) is 5. The van der Waals surface area contributed by atoms with Gasteiger partial charge in [-0.15, -0.1) is 0 Å². The van der Waals surface area contributed by atoms with E-state index in [4.69, 9.17) is 0 Å². The molecule has 1 fully saturated rings. The number of hydrogen-bond acceptors (Lipinski definition) is 4. The summed E-state index contributed by atoms with van der Waals surface area (Å²) < 4.78 is 1.98. The third-order valence-corrected chi connectivity index (χ3v) is 5.09. The Morgan fingerprint density at radius 3 is 2.78 bits per heavy atom. The van der Waals surface area contributed by atoms with Crippen molar-refractivity contribution < 1.29 is 4.79 Å². The number of hydrogen-bond donors (Lipinski definition) is 0. The molecule has 0 unspecified atom stereocenters. The van der Waals surface area contributed by atoms with E-state index in [1.54, 1.807) is 6.33 Å². The molecule has 2 aromatic rings. The fourth-order valence-electron chi connectivity index (χ4n) is 3.76. The van der Waals surface area contributed by atoms with Crippen LogP contribution in [0.3, 0.4) is 0 Å². The lowest BCUT2D eigenvalue weighted by Gasteiger charge is -2.36. The predicted molar refractivity (Wildman–Crippen MR) is 106 cm³/mol. The van der Waals surface area contributed by atoms with Gasteiger partial charge in [0.2, 0.25) is 5.91 Å². The van der Waals surface area contributed by atoms with E-state index in [2.05, 4.69) is 35.0 Å². The van der Waals surface area contributed by atoms with E-state index in [0.717, 1.165) is 49.4 Å². The van der Waals surface area contributed by atoms with Gasteiger partial charge in [0.25, 0.3) is 0 Å². The fraction of sp³-hybridized carbons (Fsp3) is 0.619. The second-order valence-corrected chi connectivity index (χ2v) is 8.86. The van der Waals surface area contributed by atoms with Crippen molar-refractivity contribution in [3.63, 3.8) is 0 Å². The molecule has 1 aliphatic heterocycles. The Hall–Kier alpha value is -2.24. The van der Waals surface area contributed by atoms with Gasteiger partial charge >= 0.3 is 0 Å². The Balaban J connectivity index is 1.73. The maximum atomic E-state index is 12.6. The number of amides is 1. The van der Waals surface area contributed by atoms with E-state index in [1.807, 2.05) is 42.6 Å². The smallest absolute Gasteiger partial charge is 0.227 e. The third kappa shape index (κ3) is 4.54. The second kappa shape index (κ2) is 7.79. The van der Waals surface area contributed by atoms with E-state index < -0.39 is 0 Å². The SMILES string of the molecule is CC(C)n1nccc1-c1cc(C[C@@H]2CCCN(C(=O)C(C)(C)C)C2)ncn1. The van der Waals surface area contributed by atoms with Crippen LogP contribution in [-0.4, -0.2) is 43.6 Å². The van der Waals surface area contributed by atoms with Crippen LogP contribution in [0.1, 0.15) is 59.2 Å². The Labute approximate surface area is 162 Å². The molecule has 3 rings (SSSR count). The van der Waals surface area contributed by atoms with Crippen LogP contribution in [0.5, 0.6) is 0 Å². The van der Waals surface area contributed by atoms with E-state index in [9.17, 15) is 4.79 Å². The molecule has 1 aliphatic rings. The van der Waals surface area contributed by atoms with Crippen LogP contribution < -0.4 is 0 Å². The van der Waals surface area contributed by atoms with Gasteiger partial charge in [-0.25, -0.2) is 9.97 Å². The van der Waals surface area contributed by atoms with Gasteiger partial charge in [0, 0.05) is 36.4 Å². The third-order valence-electron chi connectivity index (χ3n) is 5.09. The maximum absolute atomic E-state index is 12.6. The van der Waals surface area contributed by atoms with Crippen molar-refractivity contribution in [3.05, 3.63) is 30.4 Å². The molecular weight excluding hydrogens is 338 g/mol. The lowest BCUT2D eigenvalue weighted by Crippen LogP contribution is -2.45. The maximum Gasteiger partial charge on any atom is 0.227 e. The first-order chi connectivity index (χ1) is 12.8. The molecule has 146 valence electrons. The average molecular weight is 370 g/mol. The van der Waals surface area contributed by atoms with Gasteiger partial charge in [0.1, 0.15) is 6.33 Å². The topological polar surface area (TPSA) is 63.9 Å². The van der Waals surface area contributed by atoms with E-state index in [0.29, 0.717) is 5.92 Å². The number of likely N-dealkylation sites (tertiary alicyclic amines) is 1. The van der Waals surface area contributed by atoms with Crippen molar-refractivity contribution in [3.8, 4) is 11.4 Å². The Kier molecular flexibility index (Phi) is 5.63. The number of rotatable bonds is 4. The zero-order valence-electron chi connectivity index (χ0n) is 17.1. The molecule has 0 N–H and O–H groups in total. The van der Waals surface area contributed by atoms with Gasteiger partial charge in [0.15, 0.2) is 0 Å². The number of piperidine rings is 1. The summed E-state index contributed by atoms with van der Waals surface area (Å²) in [5, 5.41) is 4.40. The Bertz CT molecular complexity index is 790. The number of carbonyl (C=O) groups is 1. The summed E-state index contributed by atoms with van der Waals surface area (Å²) in [7, 11) is 0. The highest BCUT2D eigenvalue weighted by Gasteiger charge is 2.31. The van der Waals surface area contributed by atoms with Gasteiger partial charge in [-0.3, -0.25) is 9.48 Å².